The van der Waals surface area contributed by atoms with E-state index in [1.54, 1.807) is 0 Å². The van der Waals surface area contributed by atoms with Gasteiger partial charge in [-0.15, -0.1) is 0 Å². The monoisotopic (exact) mass is 408 g/mol. The lowest BCUT2D eigenvalue weighted by molar-refractivity contribution is -0.190. The number of rotatable bonds is 3. The Morgan fingerprint density at radius 2 is 1.17 bits per heavy atom. The standard InChI is InChI=1S/C5H9F3O2Si.C4H9F3O3SSi/c1-11(2,3)10-4(9)5(6,7)8;1-12(2,3)10-11(8,9)4(5,6)7/h1-3H3;1-3H3. The van der Waals surface area contributed by atoms with Crippen LogP contribution in [0.4, 0.5) is 26.3 Å². The molecule has 0 atom stereocenters. The van der Waals surface area contributed by atoms with E-state index >= 15 is 0 Å². The van der Waals surface area contributed by atoms with Gasteiger partial charge < -0.3 is 8.30 Å². The number of hydrogen-bond acceptors (Lipinski definition) is 5. The van der Waals surface area contributed by atoms with Gasteiger partial charge in [0.1, 0.15) is 0 Å². The van der Waals surface area contributed by atoms with Gasteiger partial charge in [-0.05, 0) is 39.3 Å². The van der Waals surface area contributed by atoms with Crippen molar-refractivity contribution in [2.24, 2.45) is 0 Å². The predicted octanol–water partition coefficient (Wildman–Crippen LogP) is 3.61. The number of hydrogen-bond donors (Lipinski definition) is 0. The summed E-state index contributed by atoms with van der Waals surface area (Å²) in [5, 5.41) is 0. The minimum atomic E-state index is -5.39. The molecule has 0 saturated carbocycles. The van der Waals surface area contributed by atoms with Crippen LogP contribution in [0.25, 0.3) is 0 Å². The molecule has 0 heterocycles. The average Bonchev–Trinajstić information content (AvgIpc) is 2.07. The fourth-order valence-corrected chi connectivity index (χ4v) is 4.40. The highest BCUT2D eigenvalue weighted by Crippen LogP contribution is 2.27. The van der Waals surface area contributed by atoms with E-state index in [0.717, 1.165) is 0 Å². The van der Waals surface area contributed by atoms with Crippen LogP contribution in [0.2, 0.25) is 39.3 Å². The average molecular weight is 408 g/mol. The highest BCUT2D eigenvalue weighted by Gasteiger charge is 2.49. The number of alkyl halides is 6. The van der Waals surface area contributed by atoms with Crippen LogP contribution in [-0.4, -0.2) is 42.7 Å². The molecular weight excluding hydrogens is 390 g/mol. The van der Waals surface area contributed by atoms with E-state index in [0.29, 0.717) is 0 Å². The van der Waals surface area contributed by atoms with Crippen molar-refractivity contribution in [3.63, 3.8) is 0 Å². The minimum Gasteiger partial charge on any atom is -0.513 e. The topological polar surface area (TPSA) is 69.7 Å². The number of carbonyl (C=O) groups is 1. The molecule has 0 N–H and O–H groups in total. The fraction of sp³-hybridized carbons (Fsp3) is 0.889. The van der Waals surface area contributed by atoms with Gasteiger partial charge in [0, 0.05) is 0 Å². The van der Waals surface area contributed by atoms with E-state index in [1.807, 2.05) is 0 Å². The lowest BCUT2D eigenvalue weighted by Gasteiger charge is -2.17. The van der Waals surface area contributed by atoms with E-state index in [-0.39, 0.29) is 0 Å². The van der Waals surface area contributed by atoms with Gasteiger partial charge in [0.15, 0.2) is 0 Å². The lowest BCUT2D eigenvalue weighted by Crippen LogP contribution is -2.36. The zero-order valence-corrected chi connectivity index (χ0v) is 16.0. The van der Waals surface area contributed by atoms with Gasteiger partial charge in [-0.3, -0.25) is 0 Å². The predicted molar refractivity (Wildman–Crippen MR) is 74.9 cm³/mol. The van der Waals surface area contributed by atoms with Crippen LogP contribution in [0.15, 0.2) is 0 Å². The molecule has 0 aromatic rings. The third-order valence-electron chi connectivity index (χ3n) is 1.27. The van der Waals surface area contributed by atoms with Crippen molar-refractivity contribution in [1.29, 1.82) is 0 Å². The van der Waals surface area contributed by atoms with Gasteiger partial charge in [-0.1, -0.05) is 0 Å². The first-order chi connectivity index (χ1) is 9.58. The molecule has 0 unspecified atom stereocenters. The van der Waals surface area contributed by atoms with Crippen molar-refractivity contribution in [1.82, 2.24) is 0 Å². The van der Waals surface area contributed by atoms with Crippen LogP contribution < -0.4 is 0 Å². The molecule has 0 aromatic heterocycles. The van der Waals surface area contributed by atoms with Gasteiger partial charge in [0.2, 0.25) is 16.6 Å². The molecule has 0 radical (unpaired) electrons. The van der Waals surface area contributed by atoms with Gasteiger partial charge in [-0.25, -0.2) is 4.79 Å². The van der Waals surface area contributed by atoms with Gasteiger partial charge >= 0.3 is 27.8 Å². The summed E-state index contributed by atoms with van der Waals surface area (Å²) in [5.74, 6) is -2.09. The summed E-state index contributed by atoms with van der Waals surface area (Å²) in [4.78, 5) is 10.2. The maximum Gasteiger partial charge on any atom is 0.522 e. The second kappa shape index (κ2) is 7.52. The smallest absolute Gasteiger partial charge is 0.513 e. The third-order valence-corrected chi connectivity index (χ3v) is 5.52. The van der Waals surface area contributed by atoms with Gasteiger partial charge in [-0.2, -0.15) is 34.8 Å². The highest BCUT2D eigenvalue weighted by molar-refractivity contribution is 7.88. The van der Waals surface area contributed by atoms with Crippen molar-refractivity contribution < 1.29 is 47.9 Å². The maximum absolute atomic E-state index is 11.7. The largest absolute Gasteiger partial charge is 0.522 e. The number of carbonyl (C=O) groups excluding carboxylic acids is 1. The molecule has 5 nitrogen and oxygen atoms in total. The van der Waals surface area contributed by atoms with E-state index in [9.17, 15) is 39.6 Å². The van der Waals surface area contributed by atoms with Gasteiger partial charge in [0.25, 0.3) is 0 Å². The quantitative estimate of drug-likeness (QED) is 0.405. The molecule has 14 heteroatoms. The first-order valence-corrected chi connectivity index (χ1v) is 14.1. The summed E-state index contributed by atoms with van der Waals surface area (Å²) in [5.41, 5.74) is -5.31. The summed E-state index contributed by atoms with van der Waals surface area (Å²) >= 11 is 0. The molecule has 0 aliphatic rings. The van der Waals surface area contributed by atoms with E-state index in [4.69, 9.17) is 0 Å². The normalized spacial score (nSPS) is 13.9. The van der Waals surface area contributed by atoms with Crippen molar-refractivity contribution in [3.05, 3.63) is 0 Å². The summed E-state index contributed by atoms with van der Waals surface area (Å²) in [7, 11) is -10.5. The molecular formula is C9H18F6O5SSi2. The SMILES string of the molecule is C[Si](C)(C)OC(=O)C(F)(F)F.C[Si](C)(C)OS(=O)(=O)C(F)(F)F. The second-order valence-electron chi connectivity index (χ2n) is 6.10. The number of halogens is 6. The molecule has 0 amide bonds. The Bertz CT molecular complexity index is 500. The van der Waals surface area contributed by atoms with Crippen LogP contribution in [0.5, 0.6) is 0 Å². The van der Waals surface area contributed by atoms with Crippen molar-refractivity contribution >= 4 is 32.7 Å². The van der Waals surface area contributed by atoms with Gasteiger partial charge in [0.05, 0.1) is 0 Å². The molecule has 0 fully saturated rings. The Morgan fingerprint density at radius 3 is 1.26 bits per heavy atom. The first kappa shape index (κ1) is 24.6. The zero-order chi connectivity index (χ0) is 19.5. The van der Waals surface area contributed by atoms with E-state index < -0.39 is 44.4 Å². The molecule has 0 aliphatic carbocycles. The fourth-order valence-electron chi connectivity index (χ4n) is 0.712. The van der Waals surface area contributed by atoms with Crippen LogP contribution in [0, 0.1) is 0 Å². The van der Waals surface area contributed by atoms with Crippen molar-refractivity contribution in [2.45, 2.75) is 51.0 Å². The van der Waals surface area contributed by atoms with E-state index in [1.165, 1.54) is 39.3 Å². The van der Waals surface area contributed by atoms with Crippen molar-refractivity contribution in [2.75, 3.05) is 0 Å². The third kappa shape index (κ3) is 12.5. The van der Waals surface area contributed by atoms with Crippen LogP contribution >= 0.6 is 0 Å². The molecule has 0 aliphatic heterocycles. The molecule has 0 bridgehead atoms. The maximum atomic E-state index is 11.7. The van der Waals surface area contributed by atoms with E-state index in [2.05, 4.69) is 8.30 Å². The molecule has 0 aromatic carbocycles. The lowest BCUT2D eigenvalue weighted by atomic mass is 10.7. The molecule has 0 rings (SSSR count). The van der Waals surface area contributed by atoms with Crippen LogP contribution in [-0.2, 0) is 23.2 Å². The van der Waals surface area contributed by atoms with Crippen LogP contribution in [0.3, 0.4) is 0 Å². The van der Waals surface area contributed by atoms with Crippen molar-refractivity contribution in [3.8, 4) is 0 Å². The molecule has 0 spiro atoms. The Labute approximate surface area is 132 Å². The summed E-state index contributed by atoms with van der Waals surface area (Å²) in [6.07, 6.45) is -4.86. The molecule has 140 valence electrons. The zero-order valence-electron chi connectivity index (χ0n) is 13.2. The first-order valence-electron chi connectivity index (χ1n) is 5.90. The minimum absolute atomic E-state index is 1.36. The summed E-state index contributed by atoms with van der Waals surface area (Å²) in [6.45, 7) is 8.60. The molecule has 0 saturated heterocycles. The second-order valence-corrected chi connectivity index (χ2v) is 16.8. The summed E-state index contributed by atoms with van der Waals surface area (Å²) < 4.78 is 98.5. The summed E-state index contributed by atoms with van der Waals surface area (Å²) in [6, 6.07) is 0. The van der Waals surface area contributed by atoms with Crippen LogP contribution in [0.1, 0.15) is 0 Å². The Morgan fingerprint density at radius 1 is 0.826 bits per heavy atom. The highest BCUT2D eigenvalue weighted by atomic mass is 32.2. The Kier molecular flexibility index (Phi) is 8.06. The Balaban J connectivity index is 0. The Hall–Kier alpha value is -0.606. The molecule has 23 heavy (non-hydrogen) atoms.